The van der Waals surface area contributed by atoms with Crippen LogP contribution in [0.5, 0.6) is 0 Å². The van der Waals surface area contributed by atoms with E-state index in [1.165, 1.54) is 0 Å². The van der Waals surface area contributed by atoms with Gasteiger partial charge < -0.3 is 10.4 Å². The fourth-order valence-corrected chi connectivity index (χ4v) is 2.91. The van der Waals surface area contributed by atoms with Crippen molar-refractivity contribution in [1.82, 2.24) is 5.32 Å². The normalized spacial score (nSPS) is 25.6. The molecule has 0 aromatic heterocycles. The Bertz CT molecular complexity index is 464. The zero-order valence-corrected chi connectivity index (χ0v) is 17.1. The van der Waals surface area contributed by atoms with Gasteiger partial charge in [0.15, 0.2) is 0 Å². The van der Waals surface area contributed by atoms with Crippen molar-refractivity contribution in [1.29, 1.82) is 0 Å². The number of aliphatic hydroxyl groups is 1. The van der Waals surface area contributed by atoms with Crippen LogP contribution in [0.3, 0.4) is 0 Å². The van der Waals surface area contributed by atoms with E-state index in [9.17, 15) is 9.90 Å². The first-order valence-corrected chi connectivity index (χ1v) is 7.02. The van der Waals surface area contributed by atoms with Crippen LogP contribution < -0.4 is 5.32 Å². The molecule has 107 valence electrons. The quantitative estimate of drug-likeness (QED) is 0.688. The van der Waals surface area contributed by atoms with Crippen LogP contribution >= 0.6 is 0 Å². The molecular weight excluding hydrogens is 465 g/mol. The summed E-state index contributed by atoms with van der Waals surface area (Å²) in [6, 6.07) is 7.61. The van der Waals surface area contributed by atoms with Crippen LogP contribution in [0, 0.1) is 56.4 Å². The third kappa shape index (κ3) is 4.83. The van der Waals surface area contributed by atoms with Gasteiger partial charge in [-0.1, -0.05) is 31.5 Å². The predicted molar refractivity (Wildman–Crippen MR) is 76.1 cm³/mol. The fraction of sp³-hybridized carbons (Fsp3) is 0.562. The Morgan fingerprint density at radius 3 is 2.80 bits per heavy atom. The van der Waals surface area contributed by atoms with Gasteiger partial charge in [-0.25, -0.2) is 0 Å². The number of hydrogen-bond donors (Lipinski definition) is 2. The van der Waals surface area contributed by atoms with Gasteiger partial charge in [0, 0.05) is 56.2 Å². The van der Waals surface area contributed by atoms with Crippen LogP contribution in [0.25, 0.3) is 0 Å². The molecular formula is C16H23AcNO2. The average molecular weight is 488 g/mol. The van der Waals surface area contributed by atoms with Gasteiger partial charge in [-0.15, -0.1) is 0 Å². The maximum absolute atomic E-state index is 12.2. The van der Waals surface area contributed by atoms with Gasteiger partial charge in [0.25, 0.3) is 5.91 Å². The number of carbonyl (C=O) groups is 1. The summed E-state index contributed by atoms with van der Waals surface area (Å²) in [7, 11) is 0. The van der Waals surface area contributed by atoms with Crippen LogP contribution in [0.15, 0.2) is 24.3 Å². The maximum Gasteiger partial charge on any atom is 0.251 e. The third-order valence-corrected chi connectivity index (χ3v) is 4.11. The van der Waals surface area contributed by atoms with Crippen molar-refractivity contribution in [2.75, 3.05) is 6.54 Å². The molecule has 1 aromatic carbocycles. The fourth-order valence-electron chi connectivity index (χ4n) is 2.91. The number of benzene rings is 1. The van der Waals surface area contributed by atoms with Crippen molar-refractivity contribution >= 4 is 5.91 Å². The first-order valence-electron chi connectivity index (χ1n) is 7.02. The Morgan fingerprint density at radius 1 is 1.45 bits per heavy atom. The molecule has 2 atom stereocenters. The molecule has 3 nitrogen and oxygen atoms in total. The Balaban J connectivity index is 0.00000200. The summed E-state index contributed by atoms with van der Waals surface area (Å²) in [5.74, 6) is -0.0145. The summed E-state index contributed by atoms with van der Waals surface area (Å²) >= 11 is 0. The number of rotatable bonds is 3. The first kappa shape index (κ1) is 18.1. The summed E-state index contributed by atoms with van der Waals surface area (Å²) in [6.45, 7) is 4.73. The summed E-state index contributed by atoms with van der Waals surface area (Å²) in [6.07, 6.45) is 3.56. The molecule has 0 heterocycles. The SMILES string of the molecule is Cc1ccccc1C(=O)NC[C@]1(C)CCC[C@H](O)C1.[Ac]. The van der Waals surface area contributed by atoms with Crippen LogP contribution in [0.1, 0.15) is 48.5 Å². The van der Waals surface area contributed by atoms with Gasteiger partial charge in [-0.05, 0) is 43.2 Å². The molecule has 1 aromatic rings. The Hall–Kier alpha value is 0.0916. The van der Waals surface area contributed by atoms with E-state index in [1.54, 1.807) is 0 Å². The van der Waals surface area contributed by atoms with Crippen LogP contribution in [-0.2, 0) is 0 Å². The number of nitrogens with one attached hydrogen (secondary N) is 1. The van der Waals surface area contributed by atoms with Gasteiger partial charge in [-0.3, -0.25) is 4.79 Å². The summed E-state index contributed by atoms with van der Waals surface area (Å²) < 4.78 is 0. The van der Waals surface area contributed by atoms with E-state index in [0.717, 1.165) is 36.8 Å². The first-order chi connectivity index (χ1) is 9.00. The smallest absolute Gasteiger partial charge is 0.251 e. The van der Waals surface area contributed by atoms with Crippen molar-refractivity contribution in [3.63, 3.8) is 0 Å². The van der Waals surface area contributed by atoms with Crippen LogP contribution in [0.2, 0.25) is 0 Å². The van der Waals surface area contributed by atoms with Crippen LogP contribution in [0.4, 0.5) is 0 Å². The molecule has 0 saturated heterocycles. The summed E-state index contributed by atoms with van der Waals surface area (Å²) in [5, 5.41) is 12.8. The van der Waals surface area contributed by atoms with Crippen molar-refractivity contribution in [2.24, 2.45) is 5.41 Å². The number of amides is 1. The average Bonchev–Trinajstić information content (AvgIpc) is 2.36. The van der Waals surface area contributed by atoms with Crippen molar-refractivity contribution < 1.29 is 54.0 Å². The van der Waals surface area contributed by atoms with E-state index in [-0.39, 0.29) is 61.5 Å². The van der Waals surface area contributed by atoms with Gasteiger partial charge in [0.1, 0.15) is 0 Å². The number of aliphatic hydroxyl groups excluding tert-OH is 1. The van der Waals surface area contributed by atoms with Crippen molar-refractivity contribution in [3.05, 3.63) is 35.4 Å². The van der Waals surface area contributed by atoms with E-state index in [4.69, 9.17) is 0 Å². The number of aryl methyl sites for hydroxylation is 1. The molecule has 0 bridgehead atoms. The van der Waals surface area contributed by atoms with Gasteiger partial charge >= 0.3 is 0 Å². The molecule has 2 N–H and O–H groups in total. The Kier molecular flexibility index (Phi) is 7.18. The minimum atomic E-state index is -0.214. The molecule has 1 fully saturated rings. The third-order valence-electron chi connectivity index (χ3n) is 4.11. The summed E-state index contributed by atoms with van der Waals surface area (Å²) in [5.41, 5.74) is 1.76. The van der Waals surface area contributed by atoms with E-state index < -0.39 is 0 Å². The molecule has 0 spiro atoms. The molecule has 1 saturated carbocycles. The van der Waals surface area contributed by atoms with Crippen LogP contribution in [-0.4, -0.2) is 23.7 Å². The predicted octanol–water partition coefficient (Wildman–Crippen LogP) is 2.67. The van der Waals surface area contributed by atoms with E-state index in [0.29, 0.717) is 6.54 Å². The van der Waals surface area contributed by atoms with E-state index in [1.807, 2.05) is 31.2 Å². The molecule has 1 aliphatic rings. The van der Waals surface area contributed by atoms with Gasteiger partial charge in [0.05, 0.1) is 6.10 Å². The van der Waals surface area contributed by atoms with Crippen molar-refractivity contribution in [3.8, 4) is 0 Å². The second-order valence-electron chi connectivity index (χ2n) is 6.06. The topological polar surface area (TPSA) is 49.3 Å². The second-order valence-corrected chi connectivity index (χ2v) is 6.06. The molecule has 20 heavy (non-hydrogen) atoms. The molecule has 1 amide bonds. The summed E-state index contributed by atoms with van der Waals surface area (Å²) in [4.78, 5) is 12.2. The molecule has 0 unspecified atom stereocenters. The van der Waals surface area contributed by atoms with Gasteiger partial charge in [0.2, 0.25) is 0 Å². The zero-order chi connectivity index (χ0) is 13.9. The van der Waals surface area contributed by atoms with E-state index in [2.05, 4.69) is 12.2 Å². The minimum absolute atomic E-state index is 0. The number of carbonyl (C=O) groups excluding carboxylic acids is 1. The number of hydrogen-bond acceptors (Lipinski definition) is 2. The zero-order valence-electron chi connectivity index (χ0n) is 12.4. The second kappa shape index (κ2) is 7.92. The molecule has 1 aliphatic carbocycles. The molecule has 1 radical (unpaired) electrons. The van der Waals surface area contributed by atoms with E-state index >= 15 is 0 Å². The molecule has 2 rings (SSSR count). The Morgan fingerprint density at radius 2 is 2.15 bits per heavy atom. The maximum atomic E-state index is 12.2. The molecule has 4 heteroatoms. The van der Waals surface area contributed by atoms with Crippen molar-refractivity contribution in [2.45, 2.75) is 45.6 Å². The largest absolute Gasteiger partial charge is 0.393 e. The minimum Gasteiger partial charge on any atom is -0.393 e. The Labute approximate surface area is 157 Å². The standard InChI is InChI=1S/C16H23NO2.Ac/c1-12-6-3-4-8-14(12)15(19)17-11-16(2)9-5-7-13(18)10-16;/h3-4,6,8,13,18H,5,7,9-11H2,1-2H3,(H,17,19);/t13-,16+;/m0./s1. The molecule has 0 aliphatic heterocycles. The van der Waals surface area contributed by atoms with Gasteiger partial charge in [-0.2, -0.15) is 0 Å². The monoisotopic (exact) mass is 488 g/mol.